The van der Waals surface area contributed by atoms with Gasteiger partial charge in [0.05, 0.1) is 0 Å². The number of likely N-dealkylation sites (N-methyl/N-ethyl adjacent to an activating group) is 1. The van der Waals surface area contributed by atoms with E-state index in [0.29, 0.717) is 19.4 Å². The van der Waals surface area contributed by atoms with E-state index in [-0.39, 0.29) is 46.0 Å². The predicted molar refractivity (Wildman–Crippen MR) is 70.3 cm³/mol. The normalized spacial score (nSPS) is 15.7. The van der Waals surface area contributed by atoms with E-state index < -0.39 is 5.41 Å². The summed E-state index contributed by atoms with van der Waals surface area (Å²) < 4.78 is 0. The Kier molecular flexibility index (Phi) is 6.66. The maximum atomic E-state index is 12.4. The summed E-state index contributed by atoms with van der Waals surface area (Å²) in [5.74, 6) is 0.871. The number of carbonyl (C=O) groups is 1. The van der Waals surface area contributed by atoms with E-state index in [1.54, 1.807) is 11.1 Å². The van der Waals surface area contributed by atoms with Gasteiger partial charge in [-0.2, -0.15) is 12.8 Å². The third-order valence-electron chi connectivity index (χ3n) is 3.38. The first-order valence-corrected chi connectivity index (χ1v) is 5.57. The van der Waals surface area contributed by atoms with Crippen LogP contribution >= 0.6 is 0 Å². The minimum atomic E-state index is -0.556. The summed E-state index contributed by atoms with van der Waals surface area (Å²) in [5, 5.41) is 0. The van der Waals surface area contributed by atoms with Crippen LogP contribution in [0.15, 0.2) is 18.3 Å². The summed E-state index contributed by atoms with van der Waals surface area (Å²) in [6.45, 7) is 10.4. The van der Waals surface area contributed by atoms with Gasteiger partial charge in [-0.05, 0) is 13.0 Å². The molecule has 3 nitrogen and oxygen atoms in total. The number of hydrogen-bond acceptors (Lipinski definition) is 2. The number of pyridine rings is 1. The first kappa shape index (κ1) is 17.7. The summed E-state index contributed by atoms with van der Waals surface area (Å²) >= 11 is 0. The topological polar surface area (TPSA) is 33.2 Å². The van der Waals surface area contributed by atoms with Crippen LogP contribution < -0.4 is 4.90 Å². The Labute approximate surface area is 135 Å². The summed E-state index contributed by atoms with van der Waals surface area (Å²) in [4.78, 5) is 18.4. The zero-order chi connectivity index (χ0) is 11.8. The molecule has 0 saturated carbocycles. The van der Waals surface area contributed by atoms with Crippen molar-refractivity contribution in [3.8, 4) is 0 Å². The Balaban J connectivity index is 0.00000144. The number of nitrogens with zero attached hydrogens (tertiary/aromatic N) is 2. The summed E-state index contributed by atoms with van der Waals surface area (Å²) in [7, 11) is 0. The second-order valence-corrected chi connectivity index (χ2v) is 4.01. The van der Waals surface area contributed by atoms with Gasteiger partial charge in [0, 0.05) is 23.7 Å². The van der Waals surface area contributed by atoms with Crippen LogP contribution in [-0.4, -0.2) is 17.4 Å². The van der Waals surface area contributed by atoms with Crippen molar-refractivity contribution in [2.75, 3.05) is 11.4 Å². The molecular weight excluding hydrogens is 301 g/mol. The van der Waals surface area contributed by atoms with Crippen molar-refractivity contribution in [2.45, 2.75) is 25.2 Å². The maximum Gasteiger partial charge on any atom is 3.00 e. The molecule has 4 heteroatoms. The SMILES string of the molecule is [CH2-]CC1(C[CH2-])C(=O)N(CC)c2ncccc21.[CH3-].[Y+3]. The van der Waals surface area contributed by atoms with Crippen LogP contribution in [0.3, 0.4) is 0 Å². The summed E-state index contributed by atoms with van der Waals surface area (Å²) in [6, 6.07) is 3.83. The van der Waals surface area contributed by atoms with Crippen molar-refractivity contribution >= 4 is 11.7 Å². The molecular formula is C14H19N2OY. The van der Waals surface area contributed by atoms with Crippen molar-refractivity contribution < 1.29 is 37.5 Å². The van der Waals surface area contributed by atoms with Gasteiger partial charge in [0.15, 0.2) is 0 Å². The van der Waals surface area contributed by atoms with Crippen LogP contribution in [0.1, 0.15) is 25.3 Å². The summed E-state index contributed by atoms with van der Waals surface area (Å²) in [6.07, 6.45) is 2.78. The van der Waals surface area contributed by atoms with E-state index in [4.69, 9.17) is 0 Å². The van der Waals surface area contributed by atoms with E-state index in [1.165, 1.54) is 0 Å². The molecule has 0 N–H and O–H groups in total. The standard InChI is InChI=1S/C13H16N2O.CH3.Y/c1-4-13(5-2)10-8-7-9-14-11(10)15(6-3)12(13)16;;/h7-9H,1-2,4-6H2,3H3;1H3;/q-2;-1;+3. The van der Waals surface area contributed by atoms with Crippen LogP contribution in [0.4, 0.5) is 5.82 Å². The van der Waals surface area contributed by atoms with Crippen molar-refractivity contribution in [3.63, 3.8) is 0 Å². The molecule has 0 saturated heterocycles. The quantitative estimate of drug-likeness (QED) is 0.802. The van der Waals surface area contributed by atoms with E-state index in [2.05, 4.69) is 18.8 Å². The smallest absolute Gasteiger partial charge is 0.358 e. The third-order valence-corrected chi connectivity index (χ3v) is 3.38. The number of fused-ring (bicyclic) bond motifs is 1. The van der Waals surface area contributed by atoms with Crippen LogP contribution in [0.2, 0.25) is 0 Å². The van der Waals surface area contributed by atoms with Crippen molar-refractivity contribution in [1.82, 2.24) is 4.98 Å². The fourth-order valence-electron chi connectivity index (χ4n) is 2.36. The molecule has 0 fully saturated rings. The average Bonchev–Trinajstić information content (AvgIpc) is 2.58. The van der Waals surface area contributed by atoms with Gasteiger partial charge in [0.2, 0.25) is 5.91 Å². The van der Waals surface area contributed by atoms with Crippen molar-refractivity contribution in [3.05, 3.63) is 45.2 Å². The molecule has 1 aromatic rings. The zero-order valence-electron chi connectivity index (χ0n) is 11.1. The molecule has 0 radical (unpaired) electrons. The van der Waals surface area contributed by atoms with Gasteiger partial charge in [-0.3, -0.25) is 9.69 Å². The molecule has 2 rings (SSSR count). The molecule has 94 valence electrons. The molecule has 2 heterocycles. The number of rotatable bonds is 3. The van der Waals surface area contributed by atoms with Gasteiger partial charge in [0.25, 0.3) is 0 Å². The Bertz CT molecular complexity index is 416. The Morgan fingerprint density at radius 2 is 2.00 bits per heavy atom. The molecule has 18 heavy (non-hydrogen) atoms. The molecule has 0 unspecified atom stereocenters. The van der Waals surface area contributed by atoms with E-state index in [1.807, 2.05) is 19.1 Å². The molecule has 1 amide bonds. The number of carbonyl (C=O) groups excluding carboxylic acids is 1. The molecule has 0 atom stereocenters. The Morgan fingerprint density at radius 3 is 2.50 bits per heavy atom. The predicted octanol–water partition coefficient (Wildman–Crippen LogP) is 2.58. The molecule has 0 aromatic carbocycles. The van der Waals surface area contributed by atoms with Gasteiger partial charge >= 0.3 is 32.7 Å². The molecule has 1 aliphatic rings. The second kappa shape index (κ2) is 6.76. The van der Waals surface area contributed by atoms with Crippen LogP contribution in [0, 0.1) is 21.3 Å². The van der Waals surface area contributed by atoms with Gasteiger partial charge in [-0.15, -0.1) is 0 Å². The van der Waals surface area contributed by atoms with E-state index >= 15 is 0 Å². The minimum Gasteiger partial charge on any atom is -0.358 e. The zero-order valence-corrected chi connectivity index (χ0v) is 14.0. The van der Waals surface area contributed by atoms with Crippen LogP contribution in [-0.2, 0) is 42.9 Å². The molecule has 0 aliphatic carbocycles. The van der Waals surface area contributed by atoms with Crippen LogP contribution in [0.5, 0.6) is 0 Å². The monoisotopic (exact) mass is 320 g/mol. The number of amides is 1. The fraction of sp³-hybridized carbons (Fsp3) is 0.357. The van der Waals surface area contributed by atoms with Crippen molar-refractivity contribution in [2.24, 2.45) is 0 Å². The van der Waals surface area contributed by atoms with E-state index in [0.717, 1.165) is 11.4 Å². The third kappa shape index (κ3) is 2.27. The number of anilines is 1. The largest absolute Gasteiger partial charge is 3.00 e. The maximum absolute atomic E-state index is 12.4. The minimum absolute atomic E-state index is 0. The Hall–Kier alpha value is -0.276. The molecule has 1 aromatic heterocycles. The number of hydrogen-bond donors (Lipinski definition) is 0. The molecule has 0 bridgehead atoms. The molecule has 1 aliphatic heterocycles. The summed E-state index contributed by atoms with van der Waals surface area (Å²) in [5.41, 5.74) is 0.423. The first-order chi connectivity index (χ1) is 7.71. The van der Waals surface area contributed by atoms with Gasteiger partial charge in [-0.1, -0.05) is 6.07 Å². The van der Waals surface area contributed by atoms with Crippen LogP contribution in [0.25, 0.3) is 0 Å². The second-order valence-electron chi connectivity index (χ2n) is 4.01. The van der Waals surface area contributed by atoms with Gasteiger partial charge in [0.1, 0.15) is 5.82 Å². The van der Waals surface area contributed by atoms with Crippen molar-refractivity contribution in [1.29, 1.82) is 0 Å². The fourth-order valence-corrected chi connectivity index (χ4v) is 2.36. The molecule has 0 spiro atoms. The Morgan fingerprint density at radius 1 is 1.39 bits per heavy atom. The first-order valence-electron chi connectivity index (χ1n) is 5.57. The average molecular weight is 320 g/mol. The number of aromatic nitrogens is 1. The van der Waals surface area contributed by atoms with E-state index in [9.17, 15) is 4.79 Å². The van der Waals surface area contributed by atoms with Gasteiger partial charge < -0.3 is 21.3 Å². The van der Waals surface area contributed by atoms with Gasteiger partial charge in [-0.25, -0.2) is 4.98 Å².